The van der Waals surface area contributed by atoms with Gasteiger partial charge in [-0.3, -0.25) is 4.79 Å². The number of hydrazone groups is 1. The number of aryl methyl sites for hydroxylation is 1. The number of carbonyl (C=O) groups is 1. The van der Waals surface area contributed by atoms with Crippen molar-refractivity contribution < 1.29 is 13.9 Å². The first kappa shape index (κ1) is 18.9. The van der Waals surface area contributed by atoms with E-state index in [0.29, 0.717) is 17.9 Å². The summed E-state index contributed by atoms with van der Waals surface area (Å²) in [6, 6.07) is 16.6. The predicted octanol–water partition coefficient (Wildman–Crippen LogP) is 5.18. The summed E-state index contributed by atoms with van der Waals surface area (Å²) in [7, 11) is 0. The lowest BCUT2D eigenvalue weighted by molar-refractivity contribution is 0.0955. The Hall–Kier alpha value is -2.86. The van der Waals surface area contributed by atoms with Crippen LogP contribution in [0.1, 0.15) is 28.6 Å². The van der Waals surface area contributed by atoms with Crippen LogP contribution in [0.4, 0.5) is 0 Å². The van der Waals surface area contributed by atoms with E-state index < -0.39 is 0 Å². The second-order valence-corrected chi connectivity index (χ2v) is 6.68. The van der Waals surface area contributed by atoms with Gasteiger partial charge in [-0.05, 0) is 61.9 Å². The van der Waals surface area contributed by atoms with Gasteiger partial charge in [-0.25, -0.2) is 5.43 Å². The van der Waals surface area contributed by atoms with E-state index in [9.17, 15) is 4.79 Å². The van der Waals surface area contributed by atoms with Crippen molar-refractivity contribution >= 4 is 28.1 Å². The number of benzene rings is 2. The van der Waals surface area contributed by atoms with Gasteiger partial charge in [0.05, 0.1) is 12.8 Å². The minimum Gasteiger partial charge on any atom is -0.494 e. The van der Waals surface area contributed by atoms with Gasteiger partial charge in [-0.1, -0.05) is 28.1 Å². The highest BCUT2D eigenvalue weighted by Gasteiger charge is 2.07. The third kappa shape index (κ3) is 4.86. The molecule has 0 saturated heterocycles. The number of carbonyl (C=O) groups excluding carboxylic acids is 1. The Kier molecular flexibility index (Phi) is 6.08. The van der Waals surface area contributed by atoms with Crippen molar-refractivity contribution in [2.75, 3.05) is 6.61 Å². The molecule has 1 aromatic heterocycles. The van der Waals surface area contributed by atoms with Crippen LogP contribution in [0.5, 0.6) is 5.75 Å². The van der Waals surface area contributed by atoms with Crippen molar-refractivity contribution in [2.45, 2.75) is 13.8 Å². The Bertz CT molecular complexity index is 962. The first-order valence-electron chi connectivity index (χ1n) is 8.49. The Morgan fingerprint density at radius 2 is 1.96 bits per heavy atom. The molecule has 3 rings (SSSR count). The van der Waals surface area contributed by atoms with Gasteiger partial charge >= 0.3 is 0 Å². The molecule has 0 spiro atoms. The number of halogens is 1. The number of ether oxygens (including phenoxy) is 1. The highest BCUT2D eigenvalue weighted by atomic mass is 79.9. The Morgan fingerprint density at radius 3 is 2.67 bits per heavy atom. The molecule has 0 fully saturated rings. The molecule has 0 radical (unpaired) electrons. The van der Waals surface area contributed by atoms with E-state index in [1.54, 1.807) is 30.3 Å². The summed E-state index contributed by atoms with van der Waals surface area (Å²) >= 11 is 3.52. The summed E-state index contributed by atoms with van der Waals surface area (Å²) in [6.45, 7) is 4.52. The van der Waals surface area contributed by atoms with Crippen LogP contribution in [0, 0.1) is 6.92 Å². The van der Waals surface area contributed by atoms with Crippen LogP contribution in [0.2, 0.25) is 0 Å². The molecule has 0 bridgehead atoms. The van der Waals surface area contributed by atoms with Crippen LogP contribution in [-0.4, -0.2) is 18.7 Å². The molecular formula is C21H19BrN2O3. The van der Waals surface area contributed by atoms with Crippen molar-refractivity contribution in [3.8, 4) is 17.1 Å². The second kappa shape index (κ2) is 8.68. The minimum atomic E-state index is -0.302. The zero-order chi connectivity index (χ0) is 19.2. The highest BCUT2D eigenvalue weighted by molar-refractivity contribution is 9.10. The zero-order valence-corrected chi connectivity index (χ0v) is 16.6. The van der Waals surface area contributed by atoms with Crippen LogP contribution >= 0.6 is 15.9 Å². The van der Waals surface area contributed by atoms with E-state index in [-0.39, 0.29) is 5.91 Å². The summed E-state index contributed by atoms with van der Waals surface area (Å²) in [6.07, 6.45) is 1.47. The smallest absolute Gasteiger partial charge is 0.271 e. The lowest BCUT2D eigenvalue weighted by atomic mass is 10.1. The topological polar surface area (TPSA) is 63.8 Å². The molecule has 0 aliphatic rings. The number of hydrogen-bond donors (Lipinski definition) is 1. The largest absolute Gasteiger partial charge is 0.494 e. The van der Waals surface area contributed by atoms with Gasteiger partial charge in [0.1, 0.15) is 17.3 Å². The Morgan fingerprint density at radius 1 is 1.19 bits per heavy atom. The number of furan rings is 1. The molecule has 0 atom stereocenters. The average Bonchev–Trinajstić information content (AvgIpc) is 3.14. The van der Waals surface area contributed by atoms with Crippen molar-refractivity contribution in [3.05, 3.63) is 76.0 Å². The minimum absolute atomic E-state index is 0.302. The van der Waals surface area contributed by atoms with E-state index in [0.717, 1.165) is 27.1 Å². The number of nitrogens with one attached hydrogen (secondary N) is 1. The summed E-state index contributed by atoms with van der Waals surface area (Å²) < 4.78 is 12.1. The van der Waals surface area contributed by atoms with Crippen LogP contribution < -0.4 is 10.2 Å². The molecule has 27 heavy (non-hydrogen) atoms. The molecule has 0 saturated carbocycles. The molecule has 0 aliphatic carbocycles. The normalized spacial score (nSPS) is 10.9. The maximum atomic E-state index is 12.1. The van der Waals surface area contributed by atoms with Gasteiger partial charge in [-0.2, -0.15) is 5.10 Å². The molecule has 5 nitrogen and oxygen atoms in total. The SMILES string of the molecule is CCOc1ccc(C(=O)N/N=C\c2ccc(-c3ccc(C)c(Br)c3)o2)cc1. The number of amides is 1. The standard InChI is InChI=1S/C21H19BrN2O3/c1-3-26-17-8-6-15(7-9-17)21(25)24-23-13-18-10-11-20(27-18)16-5-4-14(2)19(22)12-16/h4-13H,3H2,1-2H3,(H,24,25)/b23-13-. The molecule has 6 heteroatoms. The third-order valence-corrected chi connectivity index (χ3v) is 4.72. The average molecular weight is 427 g/mol. The summed E-state index contributed by atoms with van der Waals surface area (Å²) in [5.41, 5.74) is 5.11. The first-order valence-corrected chi connectivity index (χ1v) is 9.28. The van der Waals surface area contributed by atoms with E-state index >= 15 is 0 Å². The van der Waals surface area contributed by atoms with E-state index in [1.165, 1.54) is 6.21 Å². The van der Waals surface area contributed by atoms with E-state index in [4.69, 9.17) is 9.15 Å². The maximum absolute atomic E-state index is 12.1. The Balaban J connectivity index is 1.62. The molecule has 1 amide bonds. The van der Waals surface area contributed by atoms with Crippen LogP contribution in [0.3, 0.4) is 0 Å². The Labute approximate surface area is 166 Å². The highest BCUT2D eigenvalue weighted by Crippen LogP contribution is 2.26. The van der Waals surface area contributed by atoms with Gasteiger partial charge in [0, 0.05) is 15.6 Å². The lowest BCUT2D eigenvalue weighted by Gasteiger charge is -2.03. The fourth-order valence-electron chi connectivity index (χ4n) is 2.41. The predicted molar refractivity (Wildman–Crippen MR) is 109 cm³/mol. The third-order valence-electron chi connectivity index (χ3n) is 3.87. The number of nitrogens with zero attached hydrogens (tertiary/aromatic N) is 1. The van der Waals surface area contributed by atoms with Crippen molar-refractivity contribution in [3.63, 3.8) is 0 Å². The number of rotatable bonds is 6. The lowest BCUT2D eigenvalue weighted by Crippen LogP contribution is -2.17. The van der Waals surface area contributed by atoms with Crippen molar-refractivity contribution in [1.82, 2.24) is 5.43 Å². The van der Waals surface area contributed by atoms with Gasteiger partial charge < -0.3 is 9.15 Å². The van der Waals surface area contributed by atoms with Crippen LogP contribution in [0.15, 0.2) is 68.6 Å². The van der Waals surface area contributed by atoms with Crippen LogP contribution in [-0.2, 0) is 0 Å². The second-order valence-electron chi connectivity index (χ2n) is 5.82. The summed E-state index contributed by atoms with van der Waals surface area (Å²) in [4.78, 5) is 12.1. The molecule has 2 aromatic carbocycles. The summed E-state index contributed by atoms with van der Waals surface area (Å²) in [5, 5.41) is 3.96. The van der Waals surface area contributed by atoms with E-state index in [1.807, 2.05) is 38.1 Å². The zero-order valence-electron chi connectivity index (χ0n) is 15.0. The van der Waals surface area contributed by atoms with Gasteiger partial charge in [0.25, 0.3) is 5.91 Å². The summed E-state index contributed by atoms with van der Waals surface area (Å²) in [5.74, 6) is 1.70. The maximum Gasteiger partial charge on any atom is 0.271 e. The fourth-order valence-corrected chi connectivity index (χ4v) is 2.79. The van der Waals surface area contributed by atoms with Gasteiger partial charge in [0.2, 0.25) is 0 Å². The monoisotopic (exact) mass is 426 g/mol. The first-order chi connectivity index (χ1) is 13.1. The quantitative estimate of drug-likeness (QED) is 0.436. The number of hydrogen-bond acceptors (Lipinski definition) is 4. The van der Waals surface area contributed by atoms with Crippen molar-refractivity contribution in [2.24, 2.45) is 5.10 Å². The molecule has 3 aromatic rings. The van der Waals surface area contributed by atoms with Gasteiger partial charge in [0.15, 0.2) is 0 Å². The van der Waals surface area contributed by atoms with Gasteiger partial charge in [-0.15, -0.1) is 0 Å². The van der Waals surface area contributed by atoms with E-state index in [2.05, 4.69) is 26.5 Å². The molecular weight excluding hydrogens is 408 g/mol. The molecule has 0 unspecified atom stereocenters. The fraction of sp³-hybridized carbons (Fsp3) is 0.143. The van der Waals surface area contributed by atoms with Crippen molar-refractivity contribution in [1.29, 1.82) is 0 Å². The molecule has 0 aliphatic heterocycles. The molecule has 138 valence electrons. The van der Waals surface area contributed by atoms with Crippen LogP contribution in [0.25, 0.3) is 11.3 Å². The molecule has 1 heterocycles. The molecule has 1 N–H and O–H groups in total.